The molecule has 1 aromatic heterocycles. The highest BCUT2D eigenvalue weighted by Gasteiger charge is 2.38. The van der Waals surface area contributed by atoms with Gasteiger partial charge in [0.05, 0.1) is 19.3 Å². The number of anilines is 1. The SMILES string of the molecule is CCOc1ccc(C(=O)C2=C(C(=O)OC)Nc3nnnn3[C@H]2c2ccc(C(C)C)cc2)cc1. The van der Waals surface area contributed by atoms with Crippen LogP contribution in [0.5, 0.6) is 5.75 Å². The molecule has 4 rings (SSSR count). The number of hydrogen-bond acceptors (Lipinski definition) is 8. The van der Waals surface area contributed by atoms with Gasteiger partial charge in [0.25, 0.3) is 0 Å². The van der Waals surface area contributed by atoms with Crippen molar-refractivity contribution in [3.05, 3.63) is 76.5 Å². The fraction of sp³-hybridized carbons (Fsp3) is 0.292. The highest BCUT2D eigenvalue weighted by Crippen LogP contribution is 2.37. The van der Waals surface area contributed by atoms with E-state index in [0.717, 1.165) is 11.1 Å². The summed E-state index contributed by atoms with van der Waals surface area (Å²) < 4.78 is 12.0. The smallest absolute Gasteiger partial charge is 0.355 e. The molecule has 9 nitrogen and oxygen atoms in total. The summed E-state index contributed by atoms with van der Waals surface area (Å²) in [7, 11) is 1.26. The Hall–Kier alpha value is -4.01. The average Bonchev–Trinajstić information content (AvgIpc) is 3.31. The molecule has 0 bridgehead atoms. The number of tetrazole rings is 1. The van der Waals surface area contributed by atoms with Crippen LogP contribution >= 0.6 is 0 Å². The Morgan fingerprint density at radius 2 is 1.79 bits per heavy atom. The summed E-state index contributed by atoms with van der Waals surface area (Å²) in [5.41, 5.74) is 2.53. The third kappa shape index (κ3) is 4.21. The van der Waals surface area contributed by atoms with Crippen LogP contribution in [0.25, 0.3) is 0 Å². The normalized spacial score (nSPS) is 15.1. The van der Waals surface area contributed by atoms with E-state index in [-0.39, 0.29) is 23.0 Å². The van der Waals surface area contributed by atoms with E-state index >= 15 is 0 Å². The predicted molar refractivity (Wildman–Crippen MR) is 121 cm³/mol. The Labute approximate surface area is 191 Å². The summed E-state index contributed by atoms with van der Waals surface area (Å²) in [5, 5.41) is 14.7. The van der Waals surface area contributed by atoms with Gasteiger partial charge in [-0.05, 0) is 58.7 Å². The largest absolute Gasteiger partial charge is 0.494 e. The van der Waals surface area contributed by atoms with Gasteiger partial charge in [0.2, 0.25) is 5.95 Å². The molecule has 1 atom stereocenters. The minimum absolute atomic E-state index is 0.0108. The van der Waals surface area contributed by atoms with E-state index in [2.05, 4.69) is 34.7 Å². The Kier molecular flexibility index (Phi) is 6.21. The van der Waals surface area contributed by atoms with Gasteiger partial charge in [-0.1, -0.05) is 43.2 Å². The Morgan fingerprint density at radius 1 is 1.09 bits per heavy atom. The molecule has 0 saturated carbocycles. The van der Waals surface area contributed by atoms with Gasteiger partial charge in [0, 0.05) is 5.56 Å². The number of methoxy groups -OCH3 is 1. The standard InChI is InChI=1S/C24H25N5O4/c1-5-33-18-12-10-17(11-13-18)22(30)19-20(23(31)32-4)25-24-26-27-28-29(24)21(19)16-8-6-15(7-9-16)14(2)3/h6-14,21H,5H2,1-4H3,(H,25,26,28)/t21-/m0/s1. The lowest BCUT2D eigenvalue weighted by atomic mass is 9.88. The maximum absolute atomic E-state index is 13.8. The van der Waals surface area contributed by atoms with Gasteiger partial charge in [0.15, 0.2) is 5.78 Å². The van der Waals surface area contributed by atoms with E-state index < -0.39 is 12.0 Å². The highest BCUT2D eigenvalue weighted by atomic mass is 16.5. The number of hydrogen-bond donors (Lipinski definition) is 1. The Balaban J connectivity index is 1.86. The predicted octanol–water partition coefficient (Wildman–Crippen LogP) is 3.52. The monoisotopic (exact) mass is 447 g/mol. The molecule has 0 spiro atoms. The van der Waals surface area contributed by atoms with Crippen molar-refractivity contribution < 1.29 is 19.1 Å². The summed E-state index contributed by atoms with van der Waals surface area (Å²) in [4.78, 5) is 26.5. The topological polar surface area (TPSA) is 108 Å². The fourth-order valence-electron chi connectivity index (χ4n) is 3.78. The van der Waals surface area contributed by atoms with Gasteiger partial charge in [-0.2, -0.15) is 4.68 Å². The van der Waals surface area contributed by atoms with Crippen LogP contribution < -0.4 is 10.1 Å². The second-order valence-corrected chi connectivity index (χ2v) is 7.86. The molecule has 0 aliphatic carbocycles. The second kappa shape index (κ2) is 9.23. The van der Waals surface area contributed by atoms with Crippen LogP contribution in [-0.2, 0) is 9.53 Å². The number of benzene rings is 2. The zero-order valence-electron chi connectivity index (χ0n) is 18.9. The number of fused-ring (bicyclic) bond motifs is 1. The van der Waals surface area contributed by atoms with Crippen molar-refractivity contribution in [2.45, 2.75) is 32.7 Å². The number of ether oxygens (including phenoxy) is 2. The van der Waals surface area contributed by atoms with Crippen molar-refractivity contribution in [3.8, 4) is 5.75 Å². The number of allylic oxidation sites excluding steroid dienone is 1. The number of nitrogens with zero attached hydrogens (tertiary/aromatic N) is 4. The van der Waals surface area contributed by atoms with Crippen molar-refractivity contribution in [2.75, 3.05) is 19.0 Å². The molecule has 3 aromatic rings. The Morgan fingerprint density at radius 3 is 2.39 bits per heavy atom. The molecule has 33 heavy (non-hydrogen) atoms. The van der Waals surface area contributed by atoms with E-state index in [1.807, 2.05) is 31.2 Å². The first kappa shape index (κ1) is 22.2. The zero-order chi connectivity index (χ0) is 23.5. The highest BCUT2D eigenvalue weighted by molar-refractivity contribution is 6.15. The van der Waals surface area contributed by atoms with Crippen LogP contribution in [0.2, 0.25) is 0 Å². The van der Waals surface area contributed by atoms with Gasteiger partial charge >= 0.3 is 5.97 Å². The summed E-state index contributed by atoms with van der Waals surface area (Å²) in [5.74, 6) is 0.229. The fourth-order valence-corrected chi connectivity index (χ4v) is 3.78. The molecule has 0 saturated heterocycles. The molecular weight excluding hydrogens is 422 g/mol. The minimum atomic E-state index is -0.717. The molecule has 0 unspecified atom stereocenters. The zero-order valence-corrected chi connectivity index (χ0v) is 18.9. The minimum Gasteiger partial charge on any atom is -0.494 e. The van der Waals surface area contributed by atoms with Crippen LogP contribution in [0.3, 0.4) is 0 Å². The first-order valence-electron chi connectivity index (χ1n) is 10.7. The van der Waals surface area contributed by atoms with Crippen molar-refractivity contribution in [1.82, 2.24) is 20.2 Å². The van der Waals surface area contributed by atoms with Crippen molar-refractivity contribution in [1.29, 1.82) is 0 Å². The molecule has 2 aromatic carbocycles. The number of carbonyl (C=O) groups is 2. The van der Waals surface area contributed by atoms with Crippen LogP contribution in [0.4, 0.5) is 5.95 Å². The quantitative estimate of drug-likeness (QED) is 0.433. The van der Waals surface area contributed by atoms with Gasteiger partial charge in [-0.3, -0.25) is 4.79 Å². The van der Waals surface area contributed by atoms with E-state index in [1.165, 1.54) is 11.8 Å². The van der Waals surface area contributed by atoms with Crippen LogP contribution in [0.15, 0.2) is 59.8 Å². The number of esters is 1. The van der Waals surface area contributed by atoms with Crippen LogP contribution in [0.1, 0.15) is 54.2 Å². The molecule has 0 fully saturated rings. The lowest BCUT2D eigenvalue weighted by Gasteiger charge is -2.28. The number of nitrogens with one attached hydrogen (secondary N) is 1. The molecule has 1 aliphatic heterocycles. The average molecular weight is 447 g/mol. The lowest BCUT2D eigenvalue weighted by molar-refractivity contribution is -0.136. The lowest BCUT2D eigenvalue weighted by Crippen LogP contribution is -2.33. The van der Waals surface area contributed by atoms with Gasteiger partial charge in [-0.15, -0.1) is 0 Å². The van der Waals surface area contributed by atoms with Gasteiger partial charge in [-0.25, -0.2) is 4.79 Å². The molecule has 0 amide bonds. The molecule has 9 heteroatoms. The van der Waals surface area contributed by atoms with Crippen molar-refractivity contribution in [3.63, 3.8) is 0 Å². The summed E-state index contributed by atoms with van der Waals surface area (Å²) >= 11 is 0. The molecule has 1 aliphatic rings. The molecule has 0 radical (unpaired) electrons. The Bertz CT molecular complexity index is 1200. The second-order valence-electron chi connectivity index (χ2n) is 7.86. The van der Waals surface area contributed by atoms with E-state index in [0.29, 0.717) is 23.8 Å². The first-order valence-corrected chi connectivity index (χ1v) is 10.7. The summed E-state index contributed by atoms with van der Waals surface area (Å²) in [6.45, 7) is 6.62. The van der Waals surface area contributed by atoms with Crippen molar-refractivity contribution in [2.24, 2.45) is 0 Å². The number of rotatable bonds is 7. The van der Waals surface area contributed by atoms with Crippen LogP contribution in [0, 0.1) is 0 Å². The number of ketones is 1. The first-order chi connectivity index (χ1) is 15.9. The summed E-state index contributed by atoms with van der Waals surface area (Å²) in [6, 6.07) is 13.9. The van der Waals surface area contributed by atoms with Gasteiger partial charge < -0.3 is 14.8 Å². The molecule has 1 N–H and O–H groups in total. The number of aromatic nitrogens is 4. The van der Waals surface area contributed by atoms with E-state index in [1.54, 1.807) is 24.3 Å². The third-order valence-electron chi connectivity index (χ3n) is 5.50. The molecular formula is C24H25N5O4. The maximum atomic E-state index is 13.8. The molecule has 170 valence electrons. The number of Topliss-reactive ketones (excluding diaryl/α,β-unsaturated/α-hetero) is 1. The summed E-state index contributed by atoms with van der Waals surface area (Å²) in [6.07, 6.45) is 0. The van der Waals surface area contributed by atoms with Crippen molar-refractivity contribution >= 4 is 17.7 Å². The van der Waals surface area contributed by atoms with Gasteiger partial charge in [0.1, 0.15) is 17.5 Å². The maximum Gasteiger partial charge on any atom is 0.355 e. The molecule has 2 heterocycles. The number of carbonyl (C=O) groups excluding carboxylic acids is 2. The third-order valence-corrected chi connectivity index (χ3v) is 5.50. The van der Waals surface area contributed by atoms with E-state index in [9.17, 15) is 9.59 Å². The van der Waals surface area contributed by atoms with Crippen LogP contribution in [-0.4, -0.2) is 45.7 Å². The van der Waals surface area contributed by atoms with E-state index in [4.69, 9.17) is 9.47 Å².